The molecule has 9 heteroatoms. The second kappa shape index (κ2) is 9.87. The van der Waals surface area contributed by atoms with Gasteiger partial charge in [0.15, 0.2) is 4.96 Å². The molecule has 6 nitrogen and oxygen atoms in total. The predicted octanol–water partition coefficient (Wildman–Crippen LogP) is 5.23. The molecule has 0 aliphatic rings. The molecule has 0 N–H and O–H groups in total. The van der Waals surface area contributed by atoms with E-state index in [0.29, 0.717) is 19.6 Å². The van der Waals surface area contributed by atoms with Gasteiger partial charge < -0.3 is 4.74 Å². The second-order valence-electron chi connectivity index (χ2n) is 8.17. The van der Waals surface area contributed by atoms with Gasteiger partial charge in [-0.2, -0.15) is 4.31 Å². The summed E-state index contributed by atoms with van der Waals surface area (Å²) in [5.74, 6) is -0.292. The highest BCUT2D eigenvalue weighted by molar-refractivity contribution is 7.89. The number of sulfonamides is 1. The number of halogens is 1. The standard InChI is InChI=1S/C26H24FN3O3S2/c1-33-15-14-29(35(31,32)24-11-8-19-4-2-3-5-21(19)16-24)13-12-23-18-34-26-28-25(17-30(23)26)20-6-9-22(27)10-7-20/h2-11,16-18H,12-15H2,1H3. The van der Waals surface area contributed by atoms with Crippen molar-refractivity contribution in [2.45, 2.75) is 11.3 Å². The molecule has 0 saturated carbocycles. The average Bonchev–Trinajstić information content (AvgIpc) is 3.45. The maximum absolute atomic E-state index is 13.5. The van der Waals surface area contributed by atoms with Crippen molar-refractivity contribution in [1.29, 1.82) is 0 Å². The van der Waals surface area contributed by atoms with Crippen molar-refractivity contribution in [3.63, 3.8) is 0 Å². The third kappa shape index (κ3) is 4.85. The summed E-state index contributed by atoms with van der Waals surface area (Å²) < 4.78 is 49.0. The van der Waals surface area contributed by atoms with E-state index >= 15 is 0 Å². The zero-order valence-corrected chi connectivity index (χ0v) is 20.7. The van der Waals surface area contributed by atoms with E-state index in [1.54, 1.807) is 31.4 Å². The Kier molecular flexibility index (Phi) is 6.66. The number of aromatic nitrogens is 2. The highest BCUT2D eigenvalue weighted by Gasteiger charge is 2.25. The Morgan fingerprint density at radius 2 is 1.80 bits per heavy atom. The largest absolute Gasteiger partial charge is 0.383 e. The molecule has 0 spiro atoms. The number of nitrogens with zero attached hydrogens (tertiary/aromatic N) is 3. The molecular weight excluding hydrogens is 485 g/mol. The first-order chi connectivity index (χ1) is 17.0. The van der Waals surface area contributed by atoms with Crippen LogP contribution in [0.5, 0.6) is 0 Å². The van der Waals surface area contributed by atoms with E-state index in [0.717, 1.165) is 32.7 Å². The van der Waals surface area contributed by atoms with Gasteiger partial charge in [-0.3, -0.25) is 4.40 Å². The van der Waals surface area contributed by atoms with Gasteiger partial charge in [0.05, 0.1) is 17.2 Å². The molecule has 2 heterocycles. The van der Waals surface area contributed by atoms with E-state index in [2.05, 4.69) is 4.98 Å². The second-order valence-corrected chi connectivity index (χ2v) is 10.9. The Morgan fingerprint density at radius 1 is 1.03 bits per heavy atom. The molecule has 35 heavy (non-hydrogen) atoms. The van der Waals surface area contributed by atoms with E-state index in [9.17, 15) is 12.8 Å². The summed E-state index contributed by atoms with van der Waals surface area (Å²) in [6.07, 6.45) is 2.42. The number of hydrogen-bond acceptors (Lipinski definition) is 5. The van der Waals surface area contributed by atoms with Crippen LogP contribution >= 0.6 is 11.3 Å². The maximum atomic E-state index is 13.5. The highest BCUT2D eigenvalue weighted by atomic mass is 32.2. The Bertz CT molecular complexity index is 1580. The molecule has 0 saturated heterocycles. The summed E-state index contributed by atoms with van der Waals surface area (Å²) in [6.45, 7) is 0.851. The molecular formula is C26H24FN3O3S2. The zero-order chi connectivity index (χ0) is 24.4. The van der Waals surface area contributed by atoms with Gasteiger partial charge in [-0.15, -0.1) is 11.3 Å². The molecule has 0 aliphatic carbocycles. The molecule has 3 aromatic carbocycles. The highest BCUT2D eigenvalue weighted by Crippen LogP contribution is 2.26. The maximum Gasteiger partial charge on any atom is 0.243 e. The van der Waals surface area contributed by atoms with Gasteiger partial charge in [0.1, 0.15) is 5.82 Å². The molecule has 0 amide bonds. The third-order valence-corrected chi connectivity index (χ3v) is 8.73. The van der Waals surface area contributed by atoms with E-state index < -0.39 is 10.0 Å². The average molecular weight is 510 g/mol. The minimum absolute atomic E-state index is 0.254. The number of fused-ring (bicyclic) bond motifs is 2. The molecule has 0 unspecified atom stereocenters. The van der Waals surface area contributed by atoms with Gasteiger partial charge in [0, 0.05) is 49.5 Å². The fourth-order valence-corrected chi connectivity index (χ4v) is 6.40. The lowest BCUT2D eigenvalue weighted by atomic mass is 10.1. The monoisotopic (exact) mass is 509 g/mol. The van der Waals surface area contributed by atoms with Gasteiger partial charge >= 0.3 is 0 Å². The summed E-state index contributed by atoms with van der Waals surface area (Å²) in [5.41, 5.74) is 2.54. The van der Waals surface area contributed by atoms with Gasteiger partial charge in [0.25, 0.3) is 0 Å². The van der Waals surface area contributed by atoms with Gasteiger partial charge in [-0.25, -0.2) is 17.8 Å². The van der Waals surface area contributed by atoms with E-state index in [1.807, 2.05) is 46.3 Å². The number of methoxy groups -OCH3 is 1. The van der Waals surface area contributed by atoms with Crippen LogP contribution in [-0.4, -0.2) is 48.9 Å². The number of thiazole rings is 1. The lowest BCUT2D eigenvalue weighted by Gasteiger charge is -2.22. The summed E-state index contributed by atoms with van der Waals surface area (Å²) in [6, 6.07) is 19.1. The number of rotatable bonds is 9. The minimum Gasteiger partial charge on any atom is -0.383 e. The molecule has 0 bridgehead atoms. The molecule has 0 fully saturated rings. The normalized spacial score (nSPS) is 12.2. The number of benzene rings is 3. The fraction of sp³-hybridized carbons (Fsp3) is 0.192. The quantitative estimate of drug-likeness (QED) is 0.273. The van der Waals surface area contributed by atoms with Crippen molar-refractivity contribution in [3.05, 3.63) is 89.8 Å². The minimum atomic E-state index is -3.72. The van der Waals surface area contributed by atoms with Crippen LogP contribution in [0.3, 0.4) is 0 Å². The van der Waals surface area contributed by atoms with Crippen LogP contribution < -0.4 is 0 Å². The Hall–Kier alpha value is -3.11. The first kappa shape index (κ1) is 23.6. The Balaban J connectivity index is 1.40. The van der Waals surface area contributed by atoms with E-state index in [4.69, 9.17) is 4.74 Å². The molecule has 180 valence electrons. The summed E-state index contributed by atoms with van der Waals surface area (Å²) in [7, 11) is -2.16. The van der Waals surface area contributed by atoms with E-state index in [-0.39, 0.29) is 17.3 Å². The van der Waals surface area contributed by atoms with Crippen molar-refractivity contribution in [2.75, 3.05) is 26.8 Å². The molecule has 0 aliphatic heterocycles. The van der Waals surface area contributed by atoms with Crippen molar-refractivity contribution < 1.29 is 17.5 Å². The summed E-state index contributed by atoms with van der Waals surface area (Å²) >= 11 is 1.49. The zero-order valence-electron chi connectivity index (χ0n) is 19.1. The SMILES string of the molecule is COCCN(CCc1csc2nc(-c3ccc(F)cc3)cn12)S(=O)(=O)c1ccc2ccccc2c1. The Morgan fingerprint density at radius 3 is 2.57 bits per heavy atom. The fourth-order valence-electron chi connectivity index (χ4n) is 4.03. The molecule has 0 atom stereocenters. The summed E-state index contributed by atoms with van der Waals surface area (Å²) in [5, 5.41) is 3.87. The number of ether oxygens (including phenoxy) is 1. The number of hydrogen-bond donors (Lipinski definition) is 0. The van der Waals surface area contributed by atoms with Crippen LogP contribution in [0.4, 0.5) is 4.39 Å². The van der Waals surface area contributed by atoms with Gasteiger partial charge in [-0.1, -0.05) is 30.3 Å². The van der Waals surface area contributed by atoms with Crippen molar-refractivity contribution in [1.82, 2.24) is 13.7 Å². The van der Waals surface area contributed by atoms with Gasteiger partial charge in [-0.05, 0) is 47.2 Å². The third-order valence-electron chi connectivity index (χ3n) is 5.94. The molecule has 0 radical (unpaired) electrons. The first-order valence-corrected chi connectivity index (χ1v) is 13.5. The Labute approximate surface area is 207 Å². The predicted molar refractivity (Wildman–Crippen MR) is 137 cm³/mol. The van der Waals surface area contributed by atoms with Crippen LogP contribution in [0.1, 0.15) is 5.69 Å². The molecule has 5 rings (SSSR count). The van der Waals surface area contributed by atoms with Gasteiger partial charge in [0.2, 0.25) is 10.0 Å². The smallest absolute Gasteiger partial charge is 0.243 e. The van der Waals surface area contributed by atoms with Crippen molar-refractivity contribution in [2.24, 2.45) is 0 Å². The van der Waals surface area contributed by atoms with Crippen LogP contribution in [0.2, 0.25) is 0 Å². The lowest BCUT2D eigenvalue weighted by Crippen LogP contribution is -2.35. The first-order valence-electron chi connectivity index (χ1n) is 11.1. The van der Waals surface area contributed by atoms with Crippen LogP contribution in [0.25, 0.3) is 27.0 Å². The lowest BCUT2D eigenvalue weighted by molar-refractivity contribution is 0.179. The van der Waals surface area contributed by atoms with Crippen LogP contribution in [-0.2, 0) is 21.2 Å². The topological polar surface area (TPSA) is 63.9 Å². The van der Waals surface area contributed by atoms with Crippen LogP contribution in [0.15, 0.2) is 83.2 Å². The number of imidazole rings is 1. The van der Waals surface area contributed by atoms with Crippen molar-refractivity contribution in [3.8, 4) is 11.3 Å². The molecule has 5 aromatic rings. The summed E-state index contributed by atoms with van der Waals surface area (Å²) in [4.78, 5) is 5.72. The molecule has 2 aromatic heterocycles. The van der Waals surface area contributed by atoms with Crippen molar-refractivity contribution >= 4 is 37.1 Å². The van der Waals surface area contributed by atoms with E-state index in [1.165, 1.54) is 27.8 Å². The van der Waals surface area contributed by atoms with Crippen LogP contribution in [0, 0.1) is 5.82 Å².